The Labute approximate surface area is 125 Å². The van der Waals surface area contributed by atoms with Crippen molar-refractivity contribution in [2.75, 3.05) is 13.2 Å². The van der Waals surface area contributed by atoms with E-state index in [0.717, 1.165) is 28.9 Å². The molecule has 0 fully saturated rings. The van der Waals surface area contributed by atoms with Gasteiger partial charge in [-0.2, -0.15) is 0 Å². The molecule has 1 unspecified atom stereocenters. The minimum atomic E-state index is -0.221. The Morgan fingerprint density at radius 3 is 2.24 bits per heavy atom. The van der Waals surface area contributed by atoms with Crippen molar-refractivity contribution in [3.63, 3.8) is 0 Å². The summed E-state index contributed by atoms with van der Waals surface area (Å²) in [5.41, 5.74) is 9.17. The van der Waals surface area contributed by atoms with Crippen molar-refractivity contribution in [1.29, 1.82) is 0 Å². The van der Waals surface area contributed by atoms with Crippen LogP contribution in [0.2, 0.25) is 0 Å². The molecule has 112 valence electrons. The summed E-state index contributed by atoms with van der Waals surface area (Å²) in [6, 6.07) is 12.7. The first kappa shape index (κ1) is 15.5. The summed E-state index contributed by atoms with van der Waals surface area (Å²) in [5, 5.41) is 0. The fourth-order valence-electron chi connectivity index (χ4n) is 2.49. The molecule has 2 nitrogen and oxygen atoms in total. The highest BCUT2D eigenvalue weighted by molar-refractivity contribution is 5.39. The number of halogens is 1. The molecule has 0 spiro atoms. The van der Waals surface area contributed by atoms with Gasteiger partial charge in [-0.15, -0.1) is 0 Å². The normalized spacial score (nSPS) is 12.2. The number of rotatable bonds is 6. The highest BCUT2D eigenvalue weighted by Gasteiger charge is 2.11. The van der Waals surface area contributed by atoms with Crippen LogP contribution in [0.15, 0.2) is 42.5 Å². The molecule has 0 aliphatic carbocycles. The predicted molar refractivity (Wildman–Crippen MR) is 84.2 cm³/mol. The second-order valence-corrected chi connectivity index (χ2v) is 5.34. The van der Waals surface area contributed by atoms with Gasteiger partial charge in [0.1, 0.15) is 11.6 Å². The van der Waals surface area contributed by atoms with Crippen LogP contribution >= 0.6 is 0 Å². The van der Waals surface area contributed by atoms with Crippen LogP contribution in [0, 0.1) is 19.7 Å². The molecule has 0 heterocycles. The summed E-state index contributed by atoms with van der Waals surface area (Å²) in [7, 11) is 0. The predicted octanol–water partition coefficient (Wildman–Crippen LogP) is 3.95. The van der Waals surface area contributed by atoms with E-state index in [9.17, 15) is 4.39 Å². The lowest BCUT2D eigenvalue weighted by atomic mass is 9.96. The van der Waals surface area contributed by atoms with Crippen molar-refractivity contribution >= 4 is 0 Å². The van der Waals surface area contributed by atoms with Crippen LogP contribution in [0.1, 0.15) is 29.0 Å². The zero-order valence-electron chi connectivity index (χ0n) is 12.6. The maximum absolute atomic E-state index is 13.0. The number of benzene rings is 2. The Kier molecular flexibility index (Phi) is 5.34. The quantitative estimate of drug-likeness (QED) is 0.873. The van der Waals surface area contributed by atoms with Gasteiger partial charge in [0.05, 0.1) is 6.61 Å². The second-order valence-electron chi connectivity index (χ2n) is 5.34. The third-order valence-corrected chi connectivity index (χ3v) is 3.75. The lowest BCUT2D eigenvalue weighted by molar-refractivity contribution is 0.294. The SMILES string of the molecule is Cc1cccc(C)c1OCCC(CN)c1ccc(F)cc1. The van der Waals surface area contributed by atoms with Crippen LogP contribution in [0.5, 0.6) is 5.75 Å². The van der Waals surface area contributed by atoms with Crippen LogP contribution in [0.3, 0.4) is 0 Å². The van der Waals surface area contributed by atoms with Crippen molar-refractivity contribution in [2.24, 2.45) is 5.73 Å². The smallest absolute Gasteiger partial charge is 0.125 e. The molecule has 3 heteroatoms. The van der Waals surface area contributed by atoms with E-state index < -0.39 is 0 Å². The van der Waals surface area contributed by atoms with Crippen molar-refractivity contribution in [2.45, 2.75) is 26.2 Å². The largest absolute Gasteiger partial charge is 0.493 e. The third-order valence-electron chi connectivity index (χ3n) is 3.75. The lowest BCUT2D eigenvalue weighted by Crippen LogP contribution is -2.16. The van der Waals surface area contributed by atoms with Gasteiger partial charge in [0.25, 0.3) is 0 Å². The third kappa shape index (κ3) is 4.05. The molecule has 0 aromatic heterocycles. The van der Waals surface area contributed by atoms with Gasteiger partial charge in [0.15, 0.2) is 0 Å². The van der Waals surface area contributed by atoms with E-state index in [2.05, 4.69) is 0 Å². The maximum Gasteiger partial charge on any atom is 0.125 e. The van der Waals surface area contributed by atoms with E-state index in [1.54, 1.807) is 12.1 Å². The Morgan fingerprint density at radius 2 is 1.67 bits per heavy atom. The fourth-order valence-corrected chi connectivity index (χ4v) is 2.49. The average Bonchev–Trinajstić information content (AvgIpc) is 2.47. The molecular formula is C18H22FNO. The molecular weight excluding hydrogens is 265 g/mol. The Bertz CT molecular complexity index is 560. The van der Waals surface area contributed by atoms with E-state index in [1.165, 1.54) is 12.1 Å². The average molecular weight is 287 g/mol. The summed E-state index contributed by atoms with van der Waals surface area (Å²) < 4.78 is 18.9. The van der Waals surface area contributed by atoms with Gasteiger partial charge in [-0.3, -0.25) is 0 Å². The van der Waals surface area contributed by atoms with Crippen molar-refractivity contribution < 1.29 is 9.13 Å². The molecule has 1 atom stereocenters. The molecule has 0 bridgehead atoms. The number of para-hydroxylation sites is 1. The van der Waals surface area contributed by atoms with Gasteiger partial charge in [-0.25, -0.2) is 4.39 Å². The van der Waals surface area contributed by atoms with Crippen molar-refractivity contribution in [3.05, 3.63) is 65.0 Å². The number of hydrogen-bond acceptors (Lipinski definition) is 2. The van der Waals surface area contributed by atoms with Crippen molar-refractivity contribution in [1.82, 2.24) is 0 Å². The number of nitrogens with two attached hydrogens (primary N) is 1. The van der Waals surface area contributed by atoms with E-state index in [-0.39, 0.29) is 11.7 Å². The van der Waals surface area contributed by atoms with Crippen LogP contribution in [-0.4, -0.2) is 13.2 Å². The molecule has 0 aliphatic rings. The summed E-state index contributed by atoms with van der Waals surface area (Å²) in [4.78, 5) is 0. The van der Waals surface area contributed by atoms with Crippen LogP contribution in [0.25, 0.3) is 0 Å². The minimum Gasteiger partial charge on any atom is -0.493 e. The lowest BCUT2D eigenvalue weighted by Gasteiger charge is -2.17. The number of aryl methyl sites for hydroxylation is 2. The number of hydrogen-bond donors (Lipinski definition) is 1. The minimum absolute atomic E-state index is 0.190. The van der Waals surface area contributed by atoms with Crippen molar-refractivity contribution in [3.8, 4) is 5.75 Å². The molecule has 2 aromatic rings. The van der Waals surface area contributed by atoms with Gasteiger partial charge in [-0.1, -0.05) is 30.3 Å². The highest BCUT2D eigenvalue weighted by atomic mass is 19.1. The molecule has 0 radical (unpaired) electrons. The molecule has 0 saturated carbocycles. The van der Waals surface area contributed by atoms with E-state index in [0.29, 0.717) is 13.2 Å². The molecule has 2 rings (SSSR count). The zero-order chi connectivity index (χ0) is 15.2. The van der Waals surface area contributed by atoms with Gasteiger partial charge in [0.2, 0.25) is 0 Å². The molecule has 0 saturated heterocycles. The van der Waals surface area contributed by atoms with Crippen LogP contribution in [0.4, 0.5) is 4.39 Å². The highest BCUT2D eigenvalue weighted by Crippen LogP contribution is 2.24. The number of ether oxygens (including phenoxy) is 1. The maximum atomic E-state index is 13.0. The Balaban J connectivity index is 1.96. The standard InChI is InChI=1S/C18H22FNO/c1-13-4-3-5-14(2)18(13)21-11-10-16(12-20)15-6-8-17(19)9-7-15/h3-9,16H,10-12,20H2,1-2H3. The molecule has 2 aromatic carbocycles. The summed E-state index contributed by atoms with van der Waals surface area (Å²) in [6.45, 7) is 5.22. The van der Waals surface area contributed by atoms with Crippen LogP contribution in [-0.2, 0) is 0 Å². The topological polar surface area (TPSA) is 35.2 Å². The fraction of sp³-hybridized carbons (Fsp3) is 0.333. The van der Waals surface area contributed by atoms with Gasteiger partial charge in [-0.05, 0) is 61.6 Å². The molecule has 2 N–H and O–H groups in total. The first-order valence-corrected chi connectivity index (χ1v) is 7.26. The molecule has 0 aliphatic heterocycles. The first-order chi connectivity index (χ1) is 10.1. The van der Waals surface area contributed by atoms with E-state index in [4.69, 9.17) is 10.5 Å². The summed E-state index contributed by atoms with van der Waals surface area (Å²) >= 11 is 0. The Morgan fingerprint density at radius 1 is 1.05 bits per heavy atom. The summed E-state index contributed by atoms with van der Waals surface area (Å²) in [5.74, 6) is 0.920. The first-order valence-electron chi connectivity index (χ1n) is 7.26. The van der Waals surface area contributed by atoms with E-state index in [1.807, 2.05) is 32.0 Å². The monoisotopic (exact) mass is 287 g/mol. The van der Waals surface area contributed by atoms with E-state index >= 15 is 0 Å². The molecule has 0 amide bonds. The summed E-state index contributed by atoms with van der Waals surface area (Å²) in [6.07, 6.45) is 0.815. The van der Waals surface area contributed by atoms with Gasteiger partial charge in [0, 0.05) is 0 Å². The van der Waals surface area contributed by atoms with Gasteiger partial charge >= 0.3 is 0 Å². The van der Waals surface area contributed by atoms with Crippen LogP contribution < -0.4 is 10.5 Å². The molecule has 21 heavy (non-hydrogen) atoms. The second kappa shape index (κ2) is 7.23. The van der Waals surface area contributed by atoms with Gasteiger partial charge < -0.3 is 10.5 Å². The zero-order valence-corrected chi connectivity index (χ0v) is 12.6. The Hall–Kier alpha value is -1.87.